The first-order valence-corrected chi connectivity index (χ1v) is 10.8. The van der Waals surface area contributed by atoms with Gasteiger partial charge in [0.05, 0.1) is 10.9 Å². The average Bonchev–Trinajstić information content (AvgIpc) is 3.03. The second-order valence-corrected chi connectivity index (χ2v) is 10.0. The summed E-state index contributed by atoms with van der Waals surface area (Å²) in [7, 11) is 0. The average molecular weight is 383 g/mol. The fraction of sp³-hybridized carbons (Fsp3) is 0.950. The highest BCUT2D eigenvalue weighted by Crippen LogP contribution is 2.65. The zero-order valence-electron chi connectivity index (χ0n) is 14.6. The highest BCUT2D eigenvalue weighted by molar-refractivity contribution is 9.09. The van der Waals surface area contributed by atoms with Gasteiger partial charge in [0.15, 0.2) is 0 Å². The first kappa shape index (κ1) is 16.6. The molecule has 0 radical (unpaired) electrons. The molecule has 0 aromatic heterocycles. The molecule has 0 saturated heterocycles. The molecule has 23 heavy (non-hydrogen) atoms. The molecule has 4 fully saturated rings. The zero-order valence-corrected chi connectivity index (χ0v) is 16.1. The molecule has 4 aliphatic carbocycles. The van der Waals surface area contributed by atoms with Crippen molar-refractivity contribution in [2.45, 2.75) is 70.8 Å². The molecule has 0 amide bonds. The topological polar surface area (TPSA) is 37.3 Å². The molecule has 1 N–H and O–H groups in total. The lowest BCUT2D eigenvalue weighted by atomic mass is 9.51. The lowest BCUT2D eigenvalue weighted by Gasteiger charge is -2.54. The lowest BCUT2D eigenvalue weighted by Crippen LogP contribution is -2.49. The number of alkyl halides is 1. The number of hydrogen-bond donors (Lipinski definition) is 1. The smallest absolute Gasteiger partial charge is 0.147 e. The minimum Gasteiger partial charge on any atom is -0.390 e. The van der Waals surface area contributed by atoms with E-state index in [-0.39, 0.29) is 11.3 Å². The van der Waals surface area contributed by atoms with E-state index in [0.717, 1.165) is 36.5 Å². The molecule has 0 aromatic carbocycles. The van der Waals surface area contributed by atoms with E-state index in [2.05, 4.69) is 29.8 Å². The van der Waals surface area contributed by atoms with Crippen molar-refractivity contribution < 1.29 is 9.90 Å². The molecule has 4 rings (SSSR count). The standard InChI is InChI=1S/C20H31BrO2/c1-19-9-7-12-13(15(19)5-6-17(19)18(22)11-21)3-4-16-14(12)8-10-20(16,2)23/h12-17,23H,3-11H2,1-2H3/t12-,13+,14+,15-,16+,17+,19-,20-/m0/s1. The predicted octanol–water partition coefficient (Wildman–Crippen LogP) is 4.58. The Morgan fingerprint density at radius 2 is 1.61 bits per heavy atom. The molecule has 0 aliphatic heterocycles. The Balaban J connectivity index is 1.58. The number of fused-ring (bicyclic) bond motifs is 5. The third-order valence-corrected chi connectivity index (χ3v) is 9.23. The normalized spacial score (nSPS) is 55.1. The van der Waals surface area contributed by atoms with Crippen LogP contribution in [-0.4, -0.2) is 21.8 Å². The van der Waals surface area contributed by atoms with Crippen molar-refractivity contribution >= 4 is 21.7 Å². The van der Waals surface area contributed by atoms with Crippen LogP contribution < -0.4 is 0 Å². The number of ketones is 1. The molecule has 4 aliphatic rings. The Morgan fingerprint density at radius 1 is 0.957 bits per heavy atom. The molecule has 0 heterocycles. The van der Waals surface area contributed by atoms with Crippen molar-refractivity contribution in [2.75, 3.05) is 5.33 Å². The van der Waals surface area contributed by atoms with Crippen LogP contribution in [0.4, 0.5) is 0 Å². The molecule has 0 aromatic rings. The van der Waals surface area contributed by atoms with Crippen molar-refractivity contribution in [3.05, 3.63) is 0 Å². The lowest BCUT2D eigenvalue weighted by molar-refractivity contribution is -0.127. The van der Waals surface area contributed by atoms with Crippen LogP contribution in [0.1, 0.15) is 65.2 Å². The number of hydrogen-bond acceptors (Lipinski definition) is 2. The molecule has 4 saturated carbocycles. The fourth-order valence-electron chi connectivity index (χ4n) is 7.60. The van der Waals surface area contributed by atoms with Crippen molar-refractivity contribution in [1.29, 1.82) is 0 Å². The van der Waals surface area contributed by atoms with Crippen LogP contribution in [0.2, 0.25) is 0 Å². The van der Waals surface area contributed by atoms with E-state index in [9.17, 15) is 9.90 Å². The van der Waals surface area contributed by atoms with Crippen LogP contribution in [0.3, 0.4) is 0 Å². The van der Waals surface area contributed by atoms with Gasteiger partial charge in [0.25, 0.3) is 0 Å². The van der Waals surface area contributed by atoms with Crippen LogP contribution in [0.15, 0.2) is 0 Å². The van der Waals surface area contributed by atoms with Gasteiger partial charge >= 0.3 is 0 Å². The van der Waals surface area contributed by atoms with Gasteiger partial charge in [-0.2, -0.15) is 0 Å². The second kappa shape index (κ2) is 5.56. The molecule has 0 bridgehead atoms. The summed E-state index contributed by atoms with van der Waals surface area (Å²) < 4.78 is 0. The highest BCUT2D eigenvalue weighted by atomic mass is 79.9. The SMILES string of the molecule is C[C@]12CC[C@@H]3[C@H]4CC[C@](C)(O)[C@@H]4CC[C@H]3[C@@H]1CC[C@@H]2C(=O)CBr. The van der Waals surface area contributed by atoms with E-state index < -0.39 is 5.60 Å². The monoisotopic (exact) mass is 382 g/mol. The van der Waals surface area contributed by atoms with Gasteiger partial charge in [0.1, 0.15) is 5.78 Å². The number of carbonyl (C=O) groups is 1. The molecule has 8 atom stereocenters. The highest BCUT2D eigenvalue weighted by Gasteiger charge is 2.60. The molecule has 0 spiro atoms. The van der Waals surface area contributed by atoms with E-state index in [0.29, 0.717) is 17.0 Å². The summed E-state index contributed by atoms with van der Waals surface area (Å²) in [6, 6.07) is 0. The number of aliphatic hydroxyl groups is 1. The first-order chi connectivity index (χ1) is 10.9. The predicted molar refractivity (Wildman–Crippen MR) is 95.4 cm³/mol. The number of Topliss-reactive ketones (excluding diaryl/α,β-unsaturated/α-hetero) is 1. The Hall–Kier alpha value is 0.110. The molecular formula is C20H31BrO2. The third-order valence-electron chi connectivity index (χ3n) is 8.67. The number of halogens is 1. The van der Waals surface area contributed by atoms with E-state index in [1.165, 1.54) is 38.5 Å². The Labute approximate surface area is 148 Å². The van der Waals surface area contributed by atoms with Gasteiger partial charge in [-0.3, -0.25) is 4.79 Å². The minimum absolute atomic E-state index is 0.250. The maximum Gasteiger partial charge on any atom is 0.147 e. The minimum atomic E-state index is -0.416. The summed E-state index contributed by atoms with van der Waals surface area (Å²) >= 11 is 3.41. The summed E-state index contributed by atoms with van der Waals surface area (Å²) in [5.41, 5.74) is -0.166. The first-order valence-electron chi connectivity index (χ1n) is 9.69. The number of rotatable bonds is 2. The van der Waals surface area contributed by atoms with E-state index >= 15 is 0 Å². The van der Waals surface area contributed by atoms with Crippen molar-refractivity contribution in [2.24, 2.45) is 40.9 Å². The van der Waals surface area contributed by atoms with Crippen LogP contribution >= 0.6 is 15.9 Å². The maximum absolute atomic E-state index is 12.4. The summed E-state index contributed by atoms with van der Waals surface area (Å²) in [5.74, 6) is 4.40. The van der Waals surface area contributed by atoms with Crippen molar-refractivity contribution in [3.8, 4) is 0 Å². The van der Waals surface area contributed by atoms with E-state index in [1.807, 2.05) is 0 Å². The van der Waals surface area contributed by atoms with Crippen molar-refractivity contribution in [1.82, 2.24) is 0 Å². The van der Waals surface area contributed by atoms with Crippen molar-refractivity contribution in [3.63, 3.8) is 0 Å². The molecule has 2 nitrogen and oxygen atoms in total. The van der Waals surface area contributed by atoms with Gasteiger partial charge in [-0.25, -0.2) is 0 Å². The zero-order chi connectivity index (χ0) is 16.4. The summed E-state index contributed by atoms with van der Waals surface area (Å²) in [5, 5.41) is 11.2. The molecular weight excluding hydrogens is 352 g/mol. The van der Waals surface area contributed by atoms with Crippen LogP contribution in [0.25, 0.3) is 0 Å². The molecule has 130 valence electrons. The van der Waals surface area contributed by atoms with Gasteiger partial charge < -0.3 is 5.11 Å². The van der Waals surface area contributed by atoms with E-state index in [4.69, 9.17) is 0 Å². The summed E-state index contributed by atoms with van der Waals surface area (Å²) in [6.45, 7) is 4.49. The van der Waals surface area contributed by atoms with Gasteiger partial charge in [-0.1, -0.05) is 22.9 Å². The van der Waals surface area contributed by atoms with Gasteiger partial charge in [0, 0.05) is 5.92 Å². The third kappa shape index (κ3) is 2.32. The molecule has 3 heteroatoms. The maximum atomic E-state index is 12.4. The summed E-state index contributed by atoms with van der Waals surface area (Å²) in [4.78, 5) is 12.4. The van der Waals surface area contributed by atoms with Gasteiger partial charge in [-0.15, -0.1) is 0 Å². The van der Waals surface area contributed by atoms with E-state index in [1.54, 1.807) is 0 Å². The second-order valence-electron chi connectivity index (χ2n) is 9.45. The Kier molecular flexibility index (Phi) is 4.00. The Bertz CT molecular complexity index is 502. The van der Waals surface area contributed by atoms with Gasteiger partial charge in [0.2, 0.25) is 0 Å². The largest absolute Gasteiger partial charge is 0.390 e. The fourth-order valence-corrected chi connectivity index (χ4v) is 7.99. The summed E-state index contributed by atoms with van der Waals surface area (Å²) in [6.07, 6.45) is 9.62. The van der Waals surface area contributed by atoms with Gasteiger partial charge in [-0.05, 0) is 93.3 Å². The van der Waals surface area contributed by atoms with Crippen LogP contribution in [-0.2, 0) is 4.79 Å². The number of carbonyl (C=O) groups excluding carboxylic acids is 1. The Morgan fingerprint density at radius 3 is 2.35 bits per heavy atom. The molecule has 0 unspecified atom stereocenters. The quantitative estimate of drug-likeness (QED) is 0.709. The van der Waals surface area contributed by atoms with Crippen LogP contribution in [0, 0.1) is 40.9 Å². The van der Waals surface area contributed by atoms with Crippen LogP contribution in [0.5, 0.6) is 0 Å².